The first-order valence-electron chi connectivity index (χ1n) is 10.9. The number of hydrogen-bond acceptors (Lipinski definition) is 4. The highest BCUT2D eigenvalue weighted by atomic mass is 79.9. The van der Waals surface area contributed by atoms with Crippen LogP contribution in [0, 0.1) is 0 Å². The van der Waals surface area contributed by atoms with Crippen molar-refractivity contribution in [1.82, 2.24) is 4.90 Å². The van der Waals surface area contributed by atoms with Gasteiger partial charge >= 0.3 is 18.2 Å². The number of rotatable bonds is 7. The van der Waals surface area contributed by atoms with Gasteiger partial charge in [-0.15, -0.1) is 0 Å². The van der Waals surface area contributed by atoms with E-state index in [9.17, 15) is 22.8 Å². The second kappa shape index (κ2) is 10.2. The number of nitrogens with zero attached hydrogens (tertiary/aromatic N) is 1. The highest BCUT2D eigenvalue weighted by Gasteiger charge is 2.40. The fourth-order valence-corrected chi connectivity index (χ4v) is 4.51. The Morgan fingerprint density at radius 1 is 1.08 bits per heavy atom. The number of carbonyl (C=O) groups is 2. The minimum absolute atomic E-state index is 0.0435. The standard InChI is InChI=1S/C26H21BrF3NO5/c1-15-24(16-5-3-2-4-6-16)36-25(34)31(15)14-18-11-19(27)7-10-22(18)35-20-8-9-21(26(28,29)30)17(12-20)13-23(32)33/h2-12,15,24H,13-14H2,1H3,(H,32,33). The van der Waals surface area contributed by atoms with Gasteiger partial charge in [0.25, 0.3) is 0 Å². The monoisotopic (exact) mass is 563 g/mol. The second-order valence-electron chi connectivity index (χ2n) is 8.32. The summed E-state index contributed by atoms with van der Waals surface area (Å²) < 4.78 is 52.2. The smallest absolute Gasteiger partial charge is 0.416 e. The summed E-state index contributed by atoms with van der Waals surface area (Å²) in [5.74, 6) is -1.04. The summed E-state index contributed by atoms with van der Waals surface area (Å²) in [6.07, 6.45) is -6.46. The molecule has 6 nitrogen and oxygen atoms in total. The fourth-order valence-electron chi connectivity index (χ4n) is 4.10. The molecule has 1 fully saturated rings. The maximum Gasteiger partial charge on any atom is 0.416 e. The molecular formula is C26H21BrF3NO5. The van der Waals surface area contributed by atoms with Gasteiger partial charge in [-0.3, -0.25) is 9.69 Å². The third-order valence-electron chi connectivity index (χ3n) is 5.83. The van der Waals surface area contributed by atoms with Gasteiger partial charge in [-0.2, -0.15) is 13.2 Å². The van der Waals surface area contributed by atoms with Gasteiger partial charge in [-0.25, -0.2) is 4.79 Å². The molecule has 0 aromatic heterocycles. The van der Waals surface area contributed by atoms with E-state index in [1.165, 1.54) is 0 Å². The highest BCUT2D eigenvalue weighted by Crippen LogP contribution is 2.38. The van der Waals surface area contributed by atoms with Crippen LogP contribution in [-0.4, -0.2) is 28.1 Å². The number of cyclic esters (lactones) is 1. The molecule has 1 N–H and O–H groups in total. The van der Waals surface area contributed by atoms with Gasteiger partial charge in [0.2, 0.25) is 0 Å². The van der Waals surface area contributed by atoms with E-state index in [1.807, 2.05) is 37.3 Å². The second-order valence-corrected chi connectivity index (χ2v) is 9.24. The molecule has 1 saturated heterocycles. The molecule has 0 bridgehead atoms. The Bertz CT molecular complexity index is 1280. The third-order valence-corrected chi connectivity index (χ3v) is 6.33. The molecule has 3 aromatic carbocycles. The zero-order chi connectivity index (χ0) is 26.0. The fraction of sp³-hybridized carbons (Fsp3) is 0.231. The largest absolute Gasteiger partial charge is 0.481 e. The van der Waals surface area contributed by atoms with E-state index < -0.39 is 41.9 Å². The first-order valence-corrected chi connectivity index (χ1v) is 11.7. The molecule has 1 aliphatic heterocycles. The Balaban J connectivity index is 1.61. The Morgan fingerprint density at radius 2 is 1.81 bits per heavy atom. The Labute approximate surface area is 213 Å². The molecule has 4 rings (SSSR count). The van der Waals surface area contributed by atoms with Gasteiger partial charge in [-0.05, 0) is 54.4 Å². The zero-order valence-electron chi connectivity index (χ0n) is 19.0. The van der Waals surface area contributed by atoms with Crippen LogP contribution < -0.4 is 4.74 Å². The minimum Gasteiger partial charge on any atom is -0.481 e. The molecule has 1 amide bonds. The predicted octanol–water partition coefficient (Wildman–Crippen LogP) is 6.97. The summed E-state index contributed by atoms with van der Waals surface area (Å²) >= 11 is 3.40. The molecule has 2 atom stereocenters. The number of alkyl halides is 3. The van der Waals surface area contributed by atoms with Gasteiger partial charge in [0.1, 0.15) is 17.6 Å². The highest BCUT2D eigenvalue weighted by molar-refractivity contribution is 9.10. The van der Waals surface area contributed by atoms with E-state index in [2.05, 4.69) is 15.9 Å². The zero-order valence-corrected chi connectivity index (χ0v) is 20.5. The van der Waals surface area contributed by atoms with E-state index >= 15 is 0 Å². The van der Waals surface area contributed by atoms with Crippen molar-refractivity contribution in [3.05, 3.63) is 93.5 Å². The van der Waals surface area contributed by atoms with Crippen molar-refractivity contribution in [2.75, 3.05) is 0 Å². The quantitative estimate of drug-likeness (QED) is 0.336. The van der Waals surface area contributed by atoms with Crippen LogP contribution in [0.1, 0.15) is 35.3 Å². The molecule has 3 aromatic rings. The maximum atomic E-state index is 13.3. The number of benzene rings is 3. The predicted molar refractivity (Wildman–Crippen MR) is 128 cm³/mol. The first kappa shape index (κ1) is 25.6. The summed E-state index contributed by atoms with van der Waals surface area (Å²) in [6.45, 7) is 2.00. The van der Waals surface area contributed by atoms with Crippen molar-refractivity contribution >= 4 is 28.0 Å². The molecule has 2 unspecified atom stereocenters. The molecule has 10 heteroatoms. The lowest BCUT2D eigenvalue weighted by Gasteiger charge is -2.22. The lowest BCUT2D eigenvalue weighted by Crippen LogP contribution is -2.31. The topological polar surface area (TPSA) is 76.1 Å². The number of halogens is 4. The summed E-state index contributed by atoms with van der Waals surface area (Å²) in [7, 11) is 0. The normalized spacial score (nSPS) is 17.7. The average Bonchev–Trinajstić information content (AvgIpc) is 3.09. The van der Waals surface area contributed by atoms with Crippen LogP contribution in [0.5, 0.6) is 11.5 Å². The number of carbonyl (C=O) groups excluding carboxylic acids is 1. The van der Waals surface area contributed by atoms with E-state index in [-0.39, 0.29) is 18.3 Å². The summed E-state index contributed by atoms with van der Waals surface area (Å²) in [4.78, 5) is 25.4. The number of carboxylic acid groups (broad SMARTS) is 1. The lowest BCUT2D eigenvalue weighted by atomic mass is 10.0. The van der Waals surface area contributed by atoms with E-state index in [1.54, 1.807) is 23.1 Å². The van der Waals surface area contributed by atoms with Crippen LogP contribution in [0.3, 0.4) is 0 Å². The molecular weight excluding hydrogens is 543 g/mol. The van der Waals surface area contributed by atoms with Crippen LogP contribution in [0.4, 0.5) is 18.0 Å². The van der Waals surface area contributed by atoms with E-state index in [0.717, 1.165) is 23.8 Å². The van der Waals surface area contributed by atoms with E-state index in [0.29, 0.717) is 15.8 Å². The number of ether oxygens (including phenoxy) is 2. The SMILES string of the molecule is CC1C(c2ccccc2)OC(=O)N1Cc1cc(Br)ccc1Oc1ccc(C(F)(F)F)c(CC(=O)O)c1. The minimum atomic E-state index is -4.70. The Kier molecular flexibility index (Phi) is 7.26. The van der Waals surface area contributed by atoms with Gasteiger partial charge < -0.3 is 14.6 Å². The molecule has 0 radical (unpaired) electrons. The van der Waals surface area contributed by atoms with Crippen LogP contribution in [0.2, 0.25) is 0 Å². The van der Waals surface area contributed by atoms with Crippen molar-refractivity contribution in [3.63, 3.8) is 0 Å². The molecule has 0 saturated carbocycles. The van der Waals surface area contributed by atoms with Crippen molar-refractivity contribution in [3.8, 4) is 11.5 Å². The van der Waals surface area contributed by atoms with Crippen LogP contribution >= 0.6 is 15.9 Å². The van der Waals surface area contributed by atoms with Gasteiger partial charge in [0.15, 0.2) is 0 Å². The summed E-state index contributed by atoms with van der Waals surface area (Å²) in [6, 6.07) is 17.1. The van der Waals surface area contributed by atoms with Crippen molar-refractivity contribution in [2.45, 2.75) is 38.2 Å². The molecule has 0 aliphatic carbocycles. The molecule has 36 heavy (non-hydrogen) atoms. The average molecular weight is 564 g/mol. The third kappa shape index (κ3) is 5.64. The maximum absolute atomic E-state index is 13.3. The molecule has 1 heterocycles. The van der Waals surface area contributed by atoms with Crippen molar-refractivity contribution < 1.29 is 37.3 Å². The number of carboxylic acids is 1. The van der Waals surface area contributed by atoms with Gasteiger partial charge in [0.05, 0.1) is 24.6 Å². The molecule has 1 aliphatic rings. The van der Waals surface area contributed by atoms with Gasteiger partial charge in [-0.1, -0.05) is 46.3 Å². The first-order chi connectivity index (χ1) is 17.0. The Morgan fingerprint density at radius 3 is 2.47 bits per heavy atom. The van der Waals surface area contributed by atoms with Crippen molar-refractivity contribution in [1.29, 1.82) is 0 Å². The van der Waals surface area contributed by atoms with Crippen LogP contribution in [0.25, 0.3) is 0 Å². The summed E-state index contributed by atoms with van der Waals surface area (Å²) in [5, 5.41) is 9.06. The molecule has 188 valence electrons. The number of amides is 1. The lowest BCUT2D eigenvalue weighted by molar-refractivity contribution is -0.139. The van der Waals surface area contributed by atoms with Crippen LogP contribution in [-0.2, 0) is 28.7 Å². The molecule has 0 spiro atoms. The number of aliphatic carboxylic acids is 1. The Hall–Kier alpha value is -3.53. The van der Waals surface area contributed by atoms with Gasteiger partial charge in [0, 0.05) is 10.0 Å². The summed E-state index contributed by atoms with van der Waals surface area (Å²) in [5.41, 5.74) is 0.00586. The van der Waals surface area contributed by atoms with Crippen molar-refractivity contribution in [2.24, 2.45) is 0 Å². The van der Waals surface area contributed by atoms with Crippen LogP contribution in [0.15, 0.2) is 71.2 Å². The van der Waals surface area contributed by atoms with E-state index in [4.69, 9.17) is 14.6 Å². The number of hydrogen-bond donors (Lipinski definition) is 1.